The summed E-state index contributed by atoms with van der Waals surface area (Å²) >= 11 is 0. The highest BCUT2D eigenvalue weighted by Gasteiger charge is 1.78. The first-order valence-electron chi connectivity index (χ1n) is 7.07. The van der Waals surface area contributed by atoms with Crippen LogP contribution in [-0.2, 0) is 0 Å². The maximum atomic E-state index is 2.96. The van der Waals surface area contributed by atoms with E-state index in [1.54, 1.807) is 0 Å². The highest BCUT2D eigenvalue weighted by atomic mass is 13.8. The molecule has 0 nitrogen and oxygen atoms in total. The predicted molar refractivity (Wildman–Crippen MR) is 97.1 cm³/mol. The predicted octanol–water partition coefficient (Wildman–Crippen LogP) is 5.15. The van der Waals surface area contributed by atoms with Crippen molar-refractivity contribution in [3.63, 3.8) is 0 Å². The summed E-state index contributed by atoms with van der Waals surface area (Å²) in [7, 11) is 0. The maximum Gasteiger partial charge on any atom is 0.0245 e. The lowest BCUT2D eigenvalue weighted by Gasteiger charge is -1.83. The van der Waals surface area contributed by atoms with Gasteiger partial charge in [0.15, 0.2) is 0 Å². The molecule has 2 rings (SSSR count). The molecule has 0 aromatic heterocycles. The minimum atomic E-state index is 1.08. The van der Waals surface area contributed by atoms with Crippen molar-refractivity contribution in [3.8, 4) is 35.5 Å². The monoisotopic (exact) mass is 286 g/mol. The molecule has 0 bridgehead atoms. The van der Waals surface area contributed by atoms with Gasteiger partial charge in [-0.1, -0.05) is 48.2 Å². The van der Waals surface area contributed by atoms with Gasteiger partial charge in [0, 0.05) is 11.1 Å². The van der Waals surface area contributed by atoms with E-state index < -0.39 is 0 Å². The molecule has 0 spiro atoms. The van der Waals surface area contributed by atoms with Crippen LogP contribution in [0.5, 0.6) is 0 Å². The summed E-state index contributed by atoms with van der Waals surface area (Å²) in [6.45, 7) is 7.32. The Morgan fingerprint density at radius 3 is 1.00 bits per heavy atom. The summed E-state index contributed by atoms with van der Waals surface area (Å²) in [5.41, 5.74) is 2.17. The Morgan fingerprint density at radius 1 is 0.455 bits per heavy atom. The van der Waals surface area contributed by atoms with Crippen molar-refractivity contribution in [1.82, 2.24) is 0 Å². The van der Waals surface area contributed by atoms with Crippen molar-refractivity contribution >= 4 is 0 Å². The lowest BCUT2D eigenvalue weighted by Crippen LogP contribution is -1.67. The summed E-state index contributed by atoms with van der Waals surface area (Å²) in [6, 6.07) is 19.9. The molecule has 0 fully saturated rings. The average molecular weight is 286 g/mol. The normalized spacial score (nSPS) is 6.91. The Balaban J connectivity index is 0.000000326. The highest BCUT2D eigenvalue weighted by Crippen LogP contribution is 1.94. The number of hydrogen-bond acceptors (Lipinski definition) is 0. The van der Waals surface area contributed by atoms with Gasteiger partial charge >= 0.3 is 0 Å². The molecule has 0 saturated carbocycles. The van der Waals surface area contributed by atoms with Crippen LogP contribution in [0.1, 0.15) is 38.8 Å². The number of rotatable bonds is 0. The van der Waals surface area contributed by atoms with E-state index in [9.17, 15) is 0 Å². The first-order chi connectivity index (χ1) is 10.8. The molecule has 0 radical (unpaired) electrons. The van der Waals surface area contributed by atoms with Crippen LogP contribution >= 0.6 is 0 Å². The minimum absolute atomic E-state index is 1.08. The van der Waals surface area contributed by atoms with Crippen LogP contribution in [0.3, 0.4) is 0 Å². The van der Waals surface area contributed by atoms with Gasteiger partial charge in [-0.15, -0.1) is 23.7 Å². The molecule has 0 amide bonds. The maximum absolute atomic E-state index is 2.96. The Bertz CT molecular complexity index is 614. The fourth-order valence-corrected chi connectivity index (χ4v) is 1.33. The van der Waals surface area contributed by atoms with E-state index in [2.05, 4.69) is 35.5 Å². The zero-order chi connectivity index (χ0) is 16.5. The van der Waals surface area contributed by atoms with Crippen molar-refractivity contribution in [2.75, 3.05) is 0 Å². The third-order valence-corrected chi connectivity index (χ3v) is 2.34. The van der Waals surface area contributed by atoms with Crippen LogP contribution in [0.4, 0.5) is 0 Å². The van der Waals surface area contributed by atoms with E-state index >= 15 is 0 Å². The summed E-state index contributed by atoms with van der Waals surface area (Å²) in [4.78, 5) is 0. The molecule has 0 heteroatoms. The van der Waals surface area contributed by atoms with Gasteiger partial charge in [-0.2, -0.15) is 0 Å². The molecule has 2 aromatic rings. The summed E-state index contributed by atoms with van der Waals surface area (Å²) in [6.07, 6.45) is 0. The fourth-order valence-electron chi connectivity index (χ4n) is 1.33. The van der Waals surface area contributed by atoms with Gasteiger partial charge in [-0.05, 0) is 52.0 Å². The second-order valence-electron chi connectivity index (χ2n) is 3.98. The van der Waals surface area contributed by atoms with Crippen molar-refractivity contribution < 1.29 is 0 Å². The lowest BCUT2D eigenvalue weighted by atomic mass is 10.2. The van der Waals surface area contributed by atoms with Crippen LogP contribution in [0.25, 0.3) is 0 Å². The van der Waals surface area contributed by atoms with E-state index in [-0.39, 0.29) is 0 Å². The van der Waals surface area contributed by atoms with Gasteiger partial charge in [0.1, 0.15) is 0 Å². The first-order valence-corrected chi connectivity index (χ1v) is 7.07. The largest absolute Gasteiger partial charge is 0.107 e. The summed E-state index contributed by atoms with van der Waals surface area (Å²) in [5.74, 6) is 16.9. The SMILES string of the molecule is CC#CC.CC#Cc1ccccc1.CC#Cc1ccccc1. The smallest absolute Gasteiger partial charge is 0.0245 e. The van der Waals surface area contributed by atoms with Gasteiger partial charge < -0.3 is 0 Å². The zero-order valence-corrected chi connectivity index (χ0v) is 13.8. The summed E-state index contributed by atoms with van der Waals surface area (Å²) < 4.78 is 0. The number of benzene rings is 2. The molecular formula is C22H22. The first kappa shape index (κ1) is 19.1. The van der Waals surface area contributed by atoms with Gasteiger partial charge in [0.05, 0.1) is 0 Å². The lowest BCUT2D eigenvalue weighted by molar-refractivity contribution is 1.64. The second kappa shape index (κ2) is 14.5. The third-order valence-electron chi connectivity index (χ3n) is 2.34. The molecule has 0 heterocycles. The van der Waals surface area contributed by atoms with Crippen molar-refractivity contribution in [3.05, 3.63) is 71.8 Å². The zero-order valence-electron chi connectivity index (χ0n) is 13.8. The van der Waals surface area contributed by atoms with E-state index in [0.717, 1.165) is 11.1 Å². The molecule has 0 saturated heterocycles. The Hall–Kier alpha value is -2.88. The second-order valence-corrected chi connectivity index (χ2v) is 3.98. The summed E-state index contributed by atoms with van der Waals surface area (Å²) in [5, 5.41) is 0. The van der Waals surface area contributed by atoms with Crippen LogP contribution < -0.4 is 0 Å². The van der Waals surface area contributed by atoms with Crippen molar-refractivity contribution in [1.29, 1.82) is 0 Å². The van der Waals surface area contributed by atoms with Crippen LogP contribution in [-0.4, -0.2) is 0 Å². The molecule has 0 aliphatic rings. The van der Waals surface area contributed by atoms with E-state index in [4.69, 9.17) is 0 Å². The molecule has 110 valence electrons. The fraction of sp³-hybridized carbons (Fsp3) is 0.182. The molecular weight excluding hydrogens is 264 g/mol. The van der Waals surface area contributed by atoms with Crippen molar-refractivity contribution in [2.24, 2.45) is 0 Å². The van der Waals surface area contributed by atoms with Gasteiger partial charge in [-0.25, -0.2) is 0 Å². The number of hydrogen-bond donors (Lipinski definition) is 0. The molecule has 22 heavy (non-hydrogen) atoms. The van der Waals surface area contributed by atoms with Crippen LogP contribution in [0.15, 0.2) is 60.7 Å². The average Bonchev–Trinajstić information content (AvgIpc) is 2.58. The molecule has 0 atom stereocenters. The highest BCUT2D eigenvalue weighted by molar-refractivity contribution is 5.33. The Morgan fingerprint density at radius 2 is 0.773 bits per heavy atom. The molecule has 0 aliphatic heterocycles. The van der Waals surface area contributed by atoms with Crippen LogP contribution in [0, 0.1) is 35.5 Å². The standard InChI is InChI=1S/2C9H8.C4H6/c2*1-2-6-9-7-4-3-5-8-9;1-3-4-2/h2*3-5,7-8H,1H3;1-2H3. The van der Waals surface area contributed by atoms with Gasteiger partial charge in [0.25, 0.3) is 0 Å². The molecule has 2 aromatic carbocycles. The third kappa shape index (κ3) is 11.0. The molecule has 0 aliphatic carbocycles. The van der Waals surface area contributed by atoms with Crippen molar-refractivity contribution in [2.45, 2.75) is 27.7 Å². The van der Waals surface area contributed by atoms with E-state index in [0.29, 0.717) is 0 Å². The quantitative estimate of drug-likeness (QED) is 0.588. The minimum Gasteiger partial charge on any atom is -0.107 e. The Kier molecular flexibility index (Phi) is 12.6. The van der Waals surface area contributed by atoms with E-state index in [1.807, 2.05) is 88.4 Å². The molecule has 0 N–H and O–H groups in total. The topological polar surface area (TPSA) is 0 Å². The van der Waals surface area contributed by atoms with E-state index in [1.165, 1.54) is 0 Å². The molecule has 0 unspecified atom stereocenters. The van der Waals surface area contributed by atoms with Crippen LogP contribution in [0.2, 0.25) is 0 Å². The van der Waals surface area contributed by atoms with Gasteiger partial charge in [0.2, 0.25) is 0 Å². The Labute approximate surface area is 135 Å². The van der Waals surface area contributed by atoms with Gasteiger partial charge in [-0.3, -0.25) is 0 Å².